The van der Waals surface area contributed by atoms with E-state index >= 15 is 0 Å². The van der Waals surface area contributed by atoms with Gasteiger partial charge in [0.15, 0.2) is 0 Å². The van der Waals surface area contributed by atoms with Gasteiger partial charge in [-0.3, -0.25) is 9.78 Å². The highest BCUT2D eigenvalue weighted by Crippen LogP contribution is 2.46. The Morgan fingerprint density at radius 2 is 1.92 bits per heavy atom. The molecular weight excluding hydrogens is 410 g/mol. The molecule has 0 saturated heterocycles. The third kappa shape index (κ3) is 3.61. The third-order valence-corrected chi connectivity index (χ3v) is 5.69. The Kier molecular flexibility index (Phi) is 4.95. The maximum atomic E-state index is 12.5. The summed E-state index contributed by atoms with van der Waals surface area (Å²) in [6.45, 7) is 0.711. The SMILES string of the molecule is O=C(CN1Sc2ccccc2-c2cc(Br)ccc21)NCc1ccccn1. The molecule has 4 nitrogen and oxygen atoms in total. The second-order valence-electron chi connectivity index (χ2n) is 5.88. The zero-order chi connectivity index (χ0) is 17.9. The summed E-state index contributed by atoms with van der Waals surface area (Å²) in [5, 5.41) is 2.95. The van der Waals surface area contributed by atoms with Crippen molar-refractivity contribution in [3.63, 3.8) is 0 Å². The van der Waals surface area contributed by atoms with Crippen molar-refractivity contribution in [1.82, 2.24) is 10.3 Å². The number of anilines is 1. The number of rotatable bonds is 4. The van der Waals surface area contributed by atoms with Crippen molar-refractivity contribution < 1.29 is 4.79 Å². The summed E-state index contributed by atoms with van der Waals surface area (Å²) in [6, 6.07) is 20.1. The normalized spacial score (nSPS) is 12.3. The monoisotopic (exact) mass is 425 g/mol. The molecule has 0 fully saturated rings. The Balaban J connectivity index is 1.53. The van der Waals surface area contributed by atoms with Crippen molar-refractivity contribution in [2.75, 3.05) is 10.8 Å². The summed E-state index contributed by atoms with van der Waals surface area (Å²) in [5.41, 5.74) is 4.22. The molecule has 1 amide bonds. The predicted molar refractivity (Wildman–Crippen MR) is 109 cm³/mol. The van der Waals surface area contributed by atoms with Crippen LogP contribution in [0.3, 0.4) is 0 Å². The number of halogens is 1. The molecule has 2 aromatic carbocycles. The topological polar surface area (TPSA) is 45.2 Å². The zero-order valence-electron chi connectivity index (χ0n) is 13.9. The fraction of sp³-hybridized carbons (Fsp3) is 0.100. The van der Waals surface area contributed by atoms with E-state index in [4.69, 9.17) is 0 Å². The van der Waals surface area contributed by atoms with Crippen molar-refractivity contribution in [2.45, 2.75) is 11.4 Å². The lowest BCUT2D eigenvalue weighted by Crippen LogP contribution is -2.34. The van der Waals surface area contributed by atoms with E-state index < -0.39 is 0 Å². The van der Waals surface area contributed by atoms with Gasteiger partial charge in [0.25, 0.3) is 0 Å². The third-order valence-electron chi connectivity index (χ3n) is 4.09. The van der Waals surface area contributed by atoms with E-state index in [1.54, 1.807) is 18.1 Å². The smallest absolute Gasteiger partial charge is 0.240 e. The minimum Gasteiger partial charge on any atom is -0.349 e. The van der Waals surface area contributed by atoms with Gasteiger partial charge in [-0.05, 0) is 53.9 Å². The second kappa shape index (κ2) is 7.51. The molecule has 1 N–H and O–H groups in total. The number of aromatic nitrogens is 1. The van der Waals surface area contributed by atoms with Crippen LogP contribution < -0.4 is 9.62 Å². The van der Waals surface area contributed by atoms with Crippen molar-refractivity contribution in [1.29, 1.82) is 0 Å². The number of benzene rings is 2. The number of fused-ring (bicyclic) bond motifs is 3. The minimum atomic E-state index is -0.0311. The molecule has 1 aromatic heterocycles. The molecule has 0 unspecified atom stereocenters. The highest BCUT2D eigenvalue weighted by Gasteiger charge is 2.24. The highest BCUT2D eigenvalue weighted by molar-refractivity contribution is 9.10. The summed E-state index contributed by atoms with van der Waals surface area (Å²) in [4.78, 5) is 17.9. The van der Waals surface area contributed by atoms with Crippen LogP contribution in [0.15, 0.2) is 76.2 Å². The first kappa shape index (κ1) is 17.1. The number of hydrogen-bond acceptors (Lipinski definition) is 4. The first-order valence-electron chi connectivity index (χ1n) is 8.22. The molecule has 0 atom stereocenters. The van der Waals surface area contributed by atoms with E-state index in [1.807, 2.05) is 46.8 Å². The van der Waals surface area contributed by atoms with E-state index in [0.717, 1.165) is 26.3 Å². The van der Waals surface area contributed by atoms with Crippen LogP contribution in [0.25, 0.3) is 11.1 Å². The maximum Gasteiger partial charge on any atom is 0.240 e. The van der Waals surface area contributed by atoms with Crippen molar-refractivity contribution >= 4 is 39.5 Å². The lowest BCUT2D eigenvalue weighted by molar-refractivity contribution is -0.119. The van der Waals surface area contributed by atoms with Crippen molar-refractivity contribution in [3.8, 4) is 11.1 Å². The number of amides is 1. The lowest BCUT2D eigenvalue weighted by atomic mass is 10.0. The number of nitrogens with zero attached hydrogens (tertiary/aromatic N) is 2. The largest absolute Gasteiger partial charge is 0.349 e. The van der Waals surface area contributed by atoms with Gasteiger partial charge in [0, 0.05) is 21.1 Å². The second-order valence-corrected chi connectivity index (χ2v) is 7.86. The quantitative estimate of drug-likeness (QED) is 0.617. The molecule has 26 heavy (non-hydrogen) atoms. The van der Waals surface area contributed by atoms with Gasteiger partial charge < -0.3 is 9.62 Å². The van der Waals surface area contributed by atoms with Crippen LogP contribution in [0, 0.1) is 0 Å². The summed E-state index contributed by atoms with van der Waals surface area (Å²) in [5.74, 6) is -0.0311. The highest BCUT2D eigenvalue weighted by atomic mass is 79.9. The molecule has 0 radical (unpaired) electrons. The van der Waals surface area contributed by atoms with E-state index in [0.29, 0.717) is 6.54 Å². The molecule has 0 bridgehead atoms. The summed E-state index contributed by atoms with van der Waals surface area (Å²) in [6.07, 6.45) is 1.73. The fourth-order valence-corrected chi connectivity index (χ4v) is 4.33. The van der Waals surface area contributed by atoms with E-state index in [1.165, 1.54) is 5.56 Å². The summed E-state index contributed by atoms with van der Waals surface area (Å²) in [7, 11) is 0. The molecule has 2 heterocycles. The molecule has 1 aliphatic rings. The van der Waals surface area contributed by atoms with Crippen LogP contribution >= 0.6 is 27.9 Å². The van der Waals surface area contributed by atoms with Gasteiger partial charge in [-0.1, -0.05) is 40.2 Å². The minimum absolute atomic E-state index is 0.0311. The predicted octanol–water partition coefficient (Wildman–Crippen LogP) is 4.65. The van der Waals surface area contributed by atoms with Gasteiger partial charge in [0.05, 0.1) is 17.9 Å². The van der Waals surface area contributed by atoms with Gasteiger partial charge in [0.2, 0.25) is 5.91 Å². The Labute approximate surface area is 164 Å². The van der Waals surface area contributed by atoms with Gasteiger partial charge >= 0.3 is 0 Å². The van der Waals surface area contributed by atoms with Crippen LogP contribution in [0.4, 0.5) is 5.69 Å². The molecule has 0 spiro atoms. The first-order valence-corrected chi connectivity index (χ1v) is 9.78. The Hall–Kier alpha value is -2.31. The molecule has 1 aliphatic heterocycles. The van der Waals surface area contributed by atoms with Gasteiger partial charge in [0.1, 0.15) is 6.54 Å². The number of carbonyl (C=O) groups excluding carboxylic acids is 1. The lowest BCUT2D eigenvalue weighted by Gasteiger charge is -2.31. The Morgan fingerprint density at radius 3 is 2.77 bits per heavy atom. The van der Waals surface area contributed by atoms with Gasteiger partial charge in [-0.2, -0.15) is 0 Å². The van der Waals surface area contributed by atoms with Crippen LogP contribution in [-0.2, 0) is 11.3 Å². The van der Waals surface area contributed by atoms with Crippen LogP contribution in [0.1, 0.15) is 5.69 Å². The maximum absolute atomic E-state index is 12.5. The van der Waals surface area contributed by atoms with Crippen molar-refractivity contribution in [2.24, 2.45) is 0 Å². The van der Waals surface area contributed by atoms with Crippen LogP contribution in [0.2, 0.25) is 0 Å². The Morgan fingerprint density at radius 1 is 1.08 bits per heavy atom. The summed E-state index contributed by atoms with van der Waals surface area (Å²) < 4.78 is 3.07. The van der Waals surface area contributed by atoms with E-state index in [9.17, 15) is 4.79 Å². The molecule has 3 aromatic rings. The standard InChI is InChI=1S/C20H16BrN3OS/c21-14-8-9-18-17(11-14)16-6-1-2-7-19(16)26-24(18)13-20(25)23-12-15-5-3-4-10-22-15/h1-11H,12-13H2,(H,23,25). The van der Waals surface area contributed by atoms with E-state index in [2.05, 4.69) is 44.4 Å². The fourth-order valence-electron chi connectivity index (χ4n) is 2.87. The molecule has 0 aliphatic carbocycles. The average Bonchev–Trinajstić information content (AvgIpc) is 2.67. The zero-order valence-corrected chi connectivity index (χ0v) is 16.3. The number of hydrogen-bond donors (Lipinski definition) is 1. The van der Waals surface area contributed by atoms with E-state index in [-0.39, 0.29) is 12.5 Å². The van der Waals surface area contributed by atoms with Gasteiger partial charge in [-0.25, -0.2) is 0 Å². The molecule has 130 valence electrons. The van der Waals surface area contributed by atoms with Gasteiger partial charge in [-0.15, -0.1) is 0 Å². The Bertz CT molecular complexity index is 949. The molecular formula is C20H16BrN3OS. The first-order chi connectivity index (χ1) is 12.7. The molecule has 4 rings (SSSR count). The van der Waals surface area contributed by atoms with Crippen LogP contribution in [-0.4, -0.2) is 17.4 Å². The number of pyridine rings is 1. The summed E-state index contributed by atoms with van der Waals surface area (Å²) >= 11 is 5.15. The average molecular weight is 426 g/mol. The number of nitrogens with one attached hydrogen (secondary N) is 1. The van der Waals surface area contributed by atoms with Crippen LogP contribution in [0.5, 0.6) is 0 Å². The number of carbonyl (C=O) groups is 1. The molecule has 0 saturated carbocycles. The van der Waals surface area contributed by atoms with Crippen molar-refractivity contribution in [3.05, 3.63) is 77.0 Å². The molecule has 6 heteroatoms.